The molecule has 0 aliphatic rings. The van der Waals surface area contributed by atoms with Gasteiger partial charge >= 0.3 is 5.97 Å². The lowest BCUT2D eigenvalue weighted by molar-refractivity contribution is 0.0484. The first-order valence-electron chi connectivity index (χ1n) is 5.84. The van der Waals surface area contributed by atoms with Gasteiger partial charge in [0.05, 0.1) is 12.3 Å². The SMILES string of the molecule is CC(C)CCCOC(=O)c1c(F)ccc(N)c1F. The minimum absolute atomic E-state index is 0.144. The lowest BCUT2D eigenvalue weighted by Gasteiger charge is -2.08. The molecule has 0 aliphatic carbocycles. The van der Waals surface area contributed by atoms with E-state index in [9.17, 15) is 13.6 Å². The van der Waals surface area contributed by atoms with Crippen molar-refractivity contribution in [1.29, 1.82) is 0 Å². The van der Waals surface area contributed by atoms with Crippen molar-refractivity contribution in [2.75, 3.05) is 12.3 Å². The monoisotopic (exact) mass is 257 g/mol. The lowest BCUT2D eigenvalue weighted by atomic mass is 10.1. The second-order valence-electron chi connectivity index (χ2n) is 4.50. The average molecular weight is 257 g/mol. The van der Waals surface area contributed by atoms with Crippen molar-refractivity contribution in [2.24, 2.45) is 5.92 Å². The maximum absolute atomic E-state index is 13.5. The van der Waals surface area contributed by atoms with E-state index in [0.29, 0.717) is 12.3 Å². The molecule has 0 atom stereocenters. The molecule has 0 radical (unpaired) electrons. The standard InChI is InChI=1S/C13H17F2NO2/c1-8(2)4-3-7-18-13(17)11-9(14)5-6-10(16)12(11)15/h5-6,8H,3-4,7,16H2,1-2H3. The van der Waals surface area contributed by atoms with Crippen LogP contribution in [0.1, 0.15) is 37.0 Å². The van der Waals surface area contributed by atoms with Crippen LogP contribution in [0.15, 0.2) is 12.1 Å². The van der Waals surface area contributed by atoms with Gasteiger partial charge in [0.25, 0.3) is 0 Å². The van der Waals surface area contributed by atoms with Crippen LogP contribution < -0.4 is 5.73 Å². The van der Waals surface area contributed by atoms with Gasteiger partial charge in [-0.05, 0) is 30.9 Å². The molecule has 1 aromatic rings. The molecule has 1 aromatic carbocycles. The molecule has 100 valence electrons. The Bertz CT molecular complexity index is 433. The minimum atomic E-state index is -1.07. The van der Waals surface area contributed by atoms with Crippen LogP contribution in [0.4, 0.5) is 14.5 Å². The zero-order valence-electron chi connectivity index (χ0n) is 10.5. The molecule has 0 amide bonds. The van der Waals surface area contributed by atoms with Gasteiger partial charge in [-0.2, -0.15) is 0 Å². The summed E-state index contributed by atoms with van der Waals surface area (Å²) in [5, 5.41) is 0. The summed E-state index contributed by atoms with van der Waals surface area (Å²) in [6.45, 7) is 4.22. The quantitative estimate of drug-likeness (QED) is 0.501. The molecular weight excluding hydrogens is 240 g/mol. The van der Waals surface area contributed by atoms with Crippen molar-refractivity contribution in [3.63, 3.8) is 0 Å². The number of hydrogen-bond acceptors (Lipinski definition) is 3. The van der Waals surface area contributed by atoms with Crippen LogP contribution in [0, 0.1) is 17.6 Å². The van der Waals surface area contributed by atoms with E-state index in [1.54, 1.807) is 0 Å². The largest absolute Gasteiger partial charge is 0.462 e. The fraction of sp³-hybridized carbons (Fsp3) is 0.462. The predicted octanol–water partition coefficient (Wildman–Crippen LogP) is 3.14. The zero-order chi connectivity index (χ0) is 13.7. The number of benzene rings is 1. The maximum Gasteiger partial charge on any atom is 0.344 e. The number of anilines is 1. The number of carbonyl (C=O) groups excluding carboxylic acids is 1. The molecule has 0 bridgehead atoms. The van der Waals surface area contributed by atoms with Gasteiger partial charge in [0.2, 0.25) is 0 Å². The fourth-order valence-electron chi connectivity index (χ4n) is 1.48. The molecule has 0 fully saturated rings. The van der Waals surface area contributed by atoms with E-state index in [1.807, 2.05) is 13.8 Å². The van der Waals surface area contributed by atoms with Crippen molar-refractivity contribution in [1.82, 2.24) is 0 Å². The van der Waals surface area contributed by atoms with Crippen molar-refractivity contribution >= 4 is 11.7 Å². The molecule has 18 heavy (non-hydrogen) atoms. The fourth-order valence-corrected chi connectivity index (χ4v) is 1.48. The molecule has 0 aromatic heterocycles. The zero-order valence-corrected chi connectivity index (χ0v) is 10.5. The van der Waals surface area contributed by atoms with Gasteiger partial charge in [-0.1, -0.05) is 13.8 Å². The molecule has 0 heterocycles. The topological polar surface area (TPSA) is 52.3 Å². The molecule has 2 N–H and O–H groups in total. The number of halogens is 2. The minimum Gasteiger partial charge on any atom is -0.462 e. The van der Waals surface area contributed by atoms with E-state index in [2.05, 4.69) is 0 Å². The first kappa shape index (κ1) is 14.4. The van der Waals surface area contributed by atoms with Gasteiger partial charge < -0.3 is 10.5 Å². The molecule has 3 nitrogen and oxygen atoms in total. The second kappa shape index (κ2) is 6.33. The van der Waals surface area contributed by atoms with Crippen LogP contribution in [0.5, 0.6) is 0 Å². The van der Waals surface area contributed by atoms with Crippen LogP contribution in [-0.4, -0.2) is 12.6 Å². The Balaban J connectivity index is 2.65. The average Bonchev–Trinajstić information content (AvgIpc) is 2.30. The van der Waals surface area contributed by atoms with Crippen LogP contribution in [0.3, 0.4) is 0 Å². The Labute approximate surface area is 105 Å². The molecular formula is C13H17F2NO2. The molecule has 0 unspecified atom stereocenters. The van der Waals surface area contributed by atoms with Crippen LogP contribution in [0.25, 0.3) is 0 Å². The summed E-state index contributed by atoms with van der Waals surface area (Å²) in [4.78, 5) is 11.5. The summed E-state index contributed by atoms with van der Waals surface area (Å²) < 4.78 is 31.6. The Hall–Kier alpha value is -1.65. The number of carbonyl (C=O) groups is 1. The van der Waals surface area contributed by atoms with Gasteiger partial charge in [-0.3, -0.25) is 0 Å². The summed E-state index contributed by atoms with van der Waals surface area (Å²) in [6.07, 6.45) is 1.55. The van der Waals surface area contributed by atoms with E-state index in [4.69, 9.17) is 10.5 Å². The van der Waals surface area contributed by atoms with E-state index < -0.39 is 23.2 Å². The third-order valence-electron chi connectivity index (χ3n) is 2.48. The van der Waals surface area contributed by atoms with Gasteiger partial charge in [-0.15, -0.1) is 0 Å². The lowest BCUT2D eigenvalue weighted by Crippen LogP contribution is -2.12. The number of esters is 1. The maximum atomic E-state index is 13.5. The molecule has 0 spiro atoms. The number of nitrogen functional groups attached to an aromatic ring is 1. The summed E-state index contributed by atoms with van der Waals surface area (Å²) >= 11 is 0. The Morgan fingerprint density at radius 1 is 1.39 bits per heavy atom. The van der Waals surface area contributed by atoms with Crippen LogP contribution >= 0.6 is 0 Å². The molecule has 0 saturated heterocycles. The summed E-state index contributed by atoms with van der Waals surface area (Å²) in [7, 11) is 0. The van der Waals surface area contributed by atoms with Crippen molar-refractivity contribution < 1.29 is 18.3 Å². The van der Waals surface area contributed by atoms with Gasteiger partial charge in [0.15, 0.2) is 5.82 Å². The third kappa shape index (κ3) is 3.68. The highest BCUT2D eigenvalue weighted by Gasteiger charge is 2.20. The number of rotatable bonds is 5. The first-order chi connectivity index (χ1) is 8.43. The predicted molar refractivity (Wildman–Crippen MR) is 65.1 cm³/mol. The summed E-state index contributed by atoms with van der Waals surface area (Å²) in [5.41, 5.74) is 4.28. The Morgan fingerprint density at radius 2 is 2.06 bits per heavy atom. The first-order valence-corrected chi connectivity index (χ1v) is 5.84. The highest BCUT2D eigenvalue weighted by atomic mass is 19.1. The van der Waals surface area contributed by atoms with E-state index in [-0.39, 0.29) is 12.3 Å². The van der Waals surface area contributed by atoms with Crippen molar-refractivity contribution in [2.45, 2.75) is 26.7 Å². The molecule has 0 aliphatic heterocycles. The van der Waals surface area contributed by atoms with Crippen LogP contribution in [-0.2, 0) is 4.74 Å². The smallest absolute Gasteiger partial charge is 0.344 e. The normalized spacial score (nSPS) is 10.7. The van der Waals surface area contributed by atoms with Crippen LogP contribution in [0.2, 0.25) is 0 Å². The number of nitrogens with two attached hydrogens (primary N) is 1. The summed E-state index contributed by atoms with van der Waals surface area (Å²) in [6, 6.07) is 2.02. The third-order valence-corrected chi connectivity index (χ3v) is 2.48. The molecule has 5 heteroatoms. The van der Waals surface area contributed by atoms with Crippen molar-refractivity contribution in [3.05, 3.63) is 29.3 Å². The Kier molecular flexibility index (Phi) is 5.07. The number of hydrogen-bond donors (Lipinski definition) is 1. The molecule has 1 rings (SSSR count). The highest BCUT2D eigenvalue weighted by molar-refractivity contribution is 5.91. The summed E-state index contributed by atoms with van der Waals surface area (Å²) in [5.74, 6) is -2.55. The number of ether oxygens (including phenoxy) is 1. The second-order valence-corrected chi connectivity index (χ2v) is 4.50. The van der Waals surface area contributed by atoms with E-state index >= 15 is 0 Å². The van der Waals surface area contributed by atoms with E-state index in [1.165, 1.54) is 0 Å². The molecule has 0 saturated carbocycles. The Morgan fingerprint density at radius 3 is 2.67 bits per heavy atom. The van der Waals surface area contributed by atoms with Gasteiger partial charge in [0, 0.05) is 0 Å². The van der Waals surface area contributed by atoms with Crippen molar-refractivity contribution in [3.8, 4) is 0 Å². The van der Waals surface area contributed by atoms with Gasteiger partial charge in [0.1, 0.15) is 11.4 Å². The van der Waals surface area contributed by atoms with Gasteiger partial charge in [-0.25, -0.2) is 13.6 Å². The van der Waals surface area contributed by atoms with E-state index in [0.717, 1.165) is 18.6 Å². The highest BCUT2D eigenvalue weighted by Crippen LogP contribution is 2.19.